The summed E-state index contributed by atoms with van der Waals surface area (Å²) < 4.78 is 0. The van der Waals surface area contributed by atoms with Crippen LogP contribution in [0.3, 0.4) is 0 Å². The Kier molecular flexibility index (Phi) is 4.02. The minimum Gasteiger partial charge on any atom is -0.396 e. The van der Waals surface area contributed by atoms with Gasteiger partial charge in [-0.05, 0) is 24.7 Å². The van der Waals surface area contributed by atoms with Crippen molar-refractivity contribution in [2.45, 2.75) is 26.7 Å². The zero-order valence-corrected chi connectivity index (χ0v) is 8.29. The van der Waals surface area contributed by atoms with E-state index in [0.29, 0.717) is 6.61 Å². The molecule has 1 fully saturated rings. The second-order valence-corrected chi connectivity index (χ2v) is 4.28. The Labute approximate surface area is 75.6 Å². The highest BCUT2D eigenvalue weighted by Gasteiger charge is 2.20. The summed E-state index contributed by atoms with van der Waals surface area (Å²) in [5.74, 6) is 1.68. The SMILES string of the molecule is C[C@@H]1C[C@H](C)CN(CCCO)C1. The molecule has 0 aliphatic carbocycles. The van der Waals surface area contributed by atoms with Crippen LogP contribution in [-0.2, 0) is 0 Å². The van der Waals surface area contributed by atoms with E-state index in [0.717, 1.165) is 24.8 Å². The third kappa shape index (κ3) is 3.11. The van der Waals surface area contributed by atoms with Crippen LogP contribution < -0.4 is 0 Å². The molecule has 0 unspecified atom stereocenters. The van der Waals surface area contributed by atoms with Crippen LogP contribution in [0.4, 0.5) is 0 Å². The lowest BCUT2D eigenvalue weighted by atomic mass is 9.92. The van der Waals surface area contributed by atoms with E-state index in [1.807, 2.05) is 0 Å². The molecule has 1 rings (SSSR count). The summed E-state index contributed by atoms with van der Waals surface area (Å²) in [7, 11) is 0. The molecular weight excluding hydrogens is 150 g/mol. The maximum absolute atomic E-state index is 8.70. The van der Waals surface area contributed by atoms with Crippen LogP contribution in [-0.4, -0.2) is 36.2 Å². The van der Waals surface area contributed by atoms with Crippen molar-refractivity contribution in [3.05, 3.63) is 0 Å². The fraction of sp³-hybridized carbons (Fsp3) is 1.00. The van der Waals surface area contributed by atoms with E-state index in [1.165, 1.54) is 19.5 Å². The van der Waals surface area contributed by atoms with E-state index < -0.39 is 0 Å². The van der Waals surface area contributed by atoms with Gasteiger partial charge < -0.3 is 10.0 Å². The van der Waals surface area contributed by atoms with Gasteiger partial charge in [-0.25, -0.2) is 0 Å². The highest BCUT2D eigenvalue weighted by molar-refractivity contribution is 4.74. The normalized spacial score (nSPS) is 32.2. The van der Waals surface area contributed by atoms with Crippen molar-refractivity contribution in [1.29, 1.82) is 0 Å². The minimum absolute atomic E-state index is 0.333. The fourth-order valence-electron chi connectivity index (χ4n) is 2.27. The molecule has 2 nitrogen and oxygen atoms in total. The van der Waals surface area contributed by atoms with E-state index >= 15 is 0 Å². The zero-order valence-electron chi connectivity index (χ0n) is 8.29. The van der Waals surface area contributed by atoms with Crippen molar-refractivity contribution < 1.29 is 5.11 Å². The number of rotatable bonds is 3. The van der Waals surface area contributed by atoms with E-state index in [9.17, 15) is 0 Å². The predicted octanol–water partition coefficient (Wildman–Crippen LogP) is 1.35. The van der Waals surface area contributed by atoms with Gasteiger partial charge in [-0.15, -0.1) is 0 Å². The molecule has 0 amide bonds. The van der Waals surface area contributed by atoms with Crippen molar-refractivity contribution in [3.63, 3.8) is 0 Å². The Morgan fingerprint density at radius 3 is 2.33 bits per heavy atom. The van der Waals surface area contributed by atoms with E-state index in [-0.39, 0.29) is 0 Å². The molecule has 1 aliphatic rings. The van der Waals surface area contributed by atoms with E-state index in [1.54, 1.807) is 0 Å². The lowest BCUT2D eigenvalue weighted by molar-refractivity contribution is 0.130. The van der Waals surface area contributed by atoms with Crippen LogP contribution in [0.25, 0.3) is 0 Å². The van der Waals surface area contributed by atoms with Crippen molar-refractivity contribution in [3.8, 4) is 0 Å². The average molecular weight is 171 g/mol. The molecule has 0 spiro atoms. The molecule has 2 heteroatoms. The van der Waals surface area contributed by atoms with Gasteiger partial charge in [-0.3, -0.25) is 0 Å². The number of piperidine rings is 1. The van der Waals surface area contributed by atoms with Gasteiger partial charge in [0.15, 0.2) is 0 Å². The molecule has 1 saturated heterocycles. The maximum atomic E-state index is 8.70. The summed E-state index contributed by atoms with van der Waals surface area (Å²) in [5, 5.41) is 8.70. The number of aliphatic hydroxyl groups excluding tert-OH is 1. The summed E-state index contributed by atoms with van der Waals surface area (Å²) in [6, 6.07) is 0. The molecule has 0 saturated carbocycles. The Morgan fingerprint density at radius 1 is 1.25 bits per heavy atom. The van der Waals surface area contributed by atoms with Crippen LogP contribution in [0, 0.1) is 11.8 Å². The molecule has 0 aromatic heterocycles. The first kappa shape index (κ1) is 10.0. The van der Waals surface area contributed by atoms with Gasteiger partial charge in [0.05, 0.1) is 0 Å². The van der Waals surface area contributed by atoms with Crippen molar-refractivity contribution in [2.75, 3.05) is 26.2 Å². The molecule has 1 heterocycles. The quantitative estimate of drug-likeness (QED) is 0.693. The molecule has 0 aromatic carbocycles. The van der Waals surface area contributed by atoms with E-state index in [4.69, 9.17) is 5.11 Å². The first-order valence-corrected chi connectivity index (χ1v) is 5.05. The Balaban J connectivity index is 2.24. The second kappa shape index (κ2) is 4.83. The molecule has 72 valence electrons. The molecular formula is C10H21NO. The van der Waals surface area contributed by atoms with Gasteiger partial charge in [-0.1, -0.05) is 13.8 Å². The fourth-order valence-corrected chi connectivity index (χ4v) is 2.27. The van der Waals surface area contributed by atoms with Gasteiger partial charge in [0.1, 0.15) is 0 Å². The first-order valence-electron chi connectivity index (χ1n) is 5.05. The Bertz CT molecular complexity index is 117. The van der Waals surface area contributed by atoms with Crippen LogP contribution in [0.5, 0.6) is 0 Å². The summed E-state index contributed by atoms with van der Waals surface area (Å²) >= 11 is 0. The lowest BCUT2D eigenvalue weighted by Gasteiger charge is -2.34. The Hall–Kier alpha value is -0.0800. The first-order chi connectivity index (χ1) is 5.72. The number of hydrogen-bond acceptors (Lipinski definition) is 2. The monoisotopic (exact) mass is 171 g/mol. The molecule has 12 heavy (non-hydrogen) atoms. The molecule has 1 aliphatic heterocycles. The minimum atomic E-state index is 0.333. The molecule has 0 aromatic rings. The topological polar surface area (TPSA) is 23.5 Å². The summed E-state index contributed by atoms with van der Waals surface area (Å²) in [5.41, 5.74) is 0. The molecule has 0 bridgehead atoms. The molecule has 0 radical (unpaired) electrons. The largest absolute Gasteiger partial charge is 0.396 e. The van der Waals surface area contributed by atoms with Gasteiger partial charge in [0.25, 0.3) is 0 Å². The summed E-state index contributed by atoms with van der Waals surface area (Å²) in [4.78, 5) is 2.48. The number of hydrogen-bond donors (Lipinski definition) is 1. The van der Waals surface area contributed by atoms with Gasteiger partial charge in [0.2, 0.25) is 0 Å². The second-order valence-electron chi connectivity index (χ2n) is 4.28. The molecule has 1 N–H and O–H groups in total. The lowest BCUT2D eigenvalue weighted by Crippen LogP contribution is -2.39. The number of aliphatic hydroxyl groups is 1. The average Bonchev–Trinajstić information content (AvgIpc) is 1.99. The number of likely N-dealkylation sites (tertiary alicyclic amines) is 1. The van der Waals surface area contributed by atoms with Crippen LogP contribution >= 0.6 is 0 Å². The summed E-state index contributed by atoms with van der Waals surface area (Å²) in [6.45, 7) is 8.50. The van der Waals surface area contributed by atoms with Crippen LogP contribution in [0.2, 0.25) is 0 Å². The van der Waals surface area contributed by atoms with Crippen LogP contribution in [0.15, 0.2) is 0 Å². The molecule has 2 atom stereocenters. The zero-order chi connectivity index (χ0) is 8.97. The third-order valence-electron chi connectivity index (χ3n) is 2.58. The van der Waals surface area contributed by atoms with Gasteiger partial charge in [0, 0.05) is 26.2 Å². The highest BCUT2D eigenvalue weighted by atomic mass is 16.3. The van der Waals surface area contributed by atoms with Crippen molar-refractivity contribution in [2.24, 2.45) is 11.8 Å². The van der Waals surface area contributed by atoms with E-state index in [2.05, 4.69) is 18.7 Å². The smallest absolute Gasteiger partial charge is 0.0443 e. The van der Waals surface area contributed by atoms with Crippen LogP contribution in [0.1, 0.15) is 26.7 Å². The van der Waals surface area contributed by atoms with Crippen molar-refractivity contribution in [1.82, 2.24) is 4.90 Å². The highest BCUT2D eigenvalue weighted by Crippen LogP contribution is 2.20. The van der Waals surface area contributed by atoms with Gasteiger partial charge >= 0.3 is 0 Å². The van der Waals surface area contributed by atoms with Gasteiger partial charge in [-0.2, -0.15) is 0 Å². The predicted molar refractivity (Wildman–Crippen MR) is 51.1 cm³/mol. The summed E-state index contributed by atoms with van der Waals surface area (Å²) in [6.07, 6.45) is 2.30. The Morgan fingerprint density at radius 2 is 1.83 bits per heavy atom. The third-order valence-corrected chi connectivity index (χ3v) is 2.58. The maximum Gasteiger partial charge on any atom is 0.0443 e. The standard InChI is InChI=1S/C10H21NO/c1-9-6-10(2)8-11(7-9)4-3-5-12/h9-10,12H,3-8H2,1-2H3/t9-,10+. The number of nitrogens with zero attached hydrogens (tertiary/aromatic N) is 1. The van der Waals surface area contributed by atoms with Crippen molar-refractivity contribution >= 4 is 0 Å².